The van der Waals surface area contributed by atoms with Crippen molar-refractivity contribution in [2.75, 3.05) is 13.7 Å². The molecule has 144 valence electrons. The Kier molecular flexibility index (Phi) is 6.40. The second kappa shape index (κ2) is 8.95. The Morgan fingerprint density at radius 2 is 2.26 bits per heavy atom. The van der Waals surface area contributed by atoms with Gasteiger partial charge in [0.15, 0.2) is 11.5 Å². The van der Waals surface area contributed by atoms with E-state index in [0.717, 1.165) is 24.8 Å². The third-order valence-electron chi connectivity index (χ3n) is 4.50. The average molecular weight is 391 g/mol. The first-order valence-corrected chi connectivity index (χ1v) is 9.38. The van der Waals surface area contributed by atoms with Crippen LogP contribution in [0, 0.1) is 0 Å². The molecule has 0 amide bonds. The van der Waals surface area contributed by atoms with Gasteiger partial charge in [0, 0.05) is 18.5 Å². The number of methoxy groups -OCH3 is 1. The molecule has 1 saturated carbocycles. The topological polar surface area (TPSA) is 62.6 Å². The molecule has 0 saturated heterocycles. The molecule has 1 aliphatic carbocycles. The van der Waals surface area contributed by atoms with E-state index in [1.54, 1.807) is 24.4 Å². The quantitative estimate of drug-likeness (QED) is 0.521. The summed E-state index contributed by atoms with van der Waals surface area (Å²) in [5, 5.41) is 4.69. The van der Waals surface area contributed by atoms with Crippen molar-refractivity contribution in [1.29, 1.82) is 0 Å². The van der Waals surface area contributed by atoms with Gasteiger partial charge in [0.05, 0.1) is 24.8 Å². The number of benzene rings is 1. The largest absolute Gasteiger partial charge is 0.491 e. The summed E-state index contributed by atoms with van der Waals surface area (Å²) in [6.07, 6.45) is 9.35. The summed E-state index contributed by atoms with van der Waals surface area (Å²) in [6, 6.07) is 5.47. The molecule has 1 fully saturated rings. The van der Waals surface area contributed by atoms with Crippen molar-refractivity contribution in [2.45, 2.75) is 38.3 Å². The number of carbonyl (C=O) groups is 1. The van der Waals surface area contributed by atoms with Crippen molar-refractivity contribution in [2.24, 2.45) is 0 Å². The Labute approximate surface area is 163 Å². The van der Waals surface area contributed by atoms with Crippen molar-refractivity contribution >= 4 is 23.6 Å². The number of rotatable bonds is 7. The smallest absolute Gasteiger partial charge is 0.331 e. The first-order valence-electron chi connectivity index (χ1n) is 9.00. The highest BCUT2D eigenvalue weighted by molar-refractivity contribution is 6.32. The highest BCUT2D eigenvalue weighted by Crippen LogP contribution is 2.37. The van der Waals surface area contributed by atoms with E-state index in [0.29, 0.717) is 23.1 Å². The molecule has 0 N–H and O–H groups in total. The number of nitrogens with zero attached hydrogens (tertiary/aromatic N) is 2. The van der Waals surface area contributed by atoms with Gasteiger partial charge in [-0.2, -0.15) is 5.10 Å². The molecule has 1 aromatic heterocycles. The molecule has 6 nitrogen and oxygen atoms in total. The Hall–Kier alpha value is -2.47. The molecule has 1 aromatic carbocycles. The molecule has 27 heavy (non-hydrogen) atoms. The molecule has 0 radical (unpaired) electrons. The highest BCUT2D eigenvalue weighted by atomic mass is 35.5. The summed E-state index contributed by atoms with van der Waals surface area (Å²) in [6.45, 7) is 2.36. The molecular formula is C20H23ClN2O4. The first kappa shape index (κ1) is 19.3. The molecule has 1 heterocycles. The van der Waals surface area contributed by atoms with E-state index in [9.17, 15) is 4.79 Å². The van der Waals surface area contributed by atoms with Gasteiger partial charge in [-0.1, -0.05) is 11.6 Å². The average Bonchev–Trinajstić information content (AvgIpc) is 3.31. The standard InChI is InChI=1S/C20H23ClN2O4/c1-3-26-18-13-14(12-15(21)20(18)25-2)8-9-19(24)27-17-7-4-6-16(17)23-11-5-10-22-23/h5,8-13,16-17H,3-4,6-7H2,1-2H3/b9-8+/t16-,17-/m1/s1. The predicted octanol–water partition coefficient (Wildman–Crippen LogP) is 4.29. The minimum Gasteiger partial charge on any atom is -0.491 e. The summed E-state index contributed by atoms with van der Waals surface area (Å²) < 4.78 is 18.3. The van der Waals surface area contributed by atoms with Crippen molar-refractivity contribution in [3.05, 3.63) is 47.3 Å². The van der Waals surface area contributed by atoms with Crippen LogP contribution >= 0.6 is 11.6 Å². The summed E-state index contributed by atoms with van der Waals surface area (Å²) in [7, 11) is 1.54. The number of hydrogen-bond acceptors (Lipinski definition) is 5. The third-order valence-corrected chi connectivity index (χ3v) is 4.78. The van der Waals surface area contributed by atoms with Crippen LogP contribution in [0.25, 0.3) is 6.08 Å². The lowest BCUT2D eigenvalue weighted by atomic mass is 10.2. The van der Waals surface area contributed by atoms with Gasteiger partial charge in [-0.3, -0.25) is 4.68 Å². The maximum absolute atomic E-state index is 12.3. The summed E-state index contributed by atoms with van der Waals surface area (Å²) >= 11 is 6.23. The Balaban J connectivity index is 1.68. The predicted molar refractivity (Wildman–Crippen MR) is 103 cm³/mol. The molecule has 1 aliphatic rings. The molecule has 0 spiro atoms. The number of aromatic nitrogens is 2. The van der Waals surface area contributed by atoms with Crippen LogP contribution in [0.5, 0.6) is 11.5 Å². The van der Waals surface area contributed by atoms with E-state index in [1.807, 2.05) is 23.9 Å². The van der Waals surface area contributed by atoms with E-state index in [1.165, 1.54) is 13.2 Å². The lowest BCUT2D eigenvalue weighted by Gasteiger charge is -2.19. The van der Waals surface area contributed by atoms with Gasteiger partial charge in [0.2, 0.25) is 0 Å². The van der Waals surface area contributed by atoms with Crippen LogP contribution in [0.15, 0.2) is 36.7 Å². The zero-order chi connectivity index (χ0) is 19.2. The zero-order valence-corrected chi connectivity index (χ0v) is 16.2. The van der Waals surface area contributed by atoms with Gasteiger partial charge in [-0.25, -0.2) is 4.79 Å². The zero-order valence-electron chi connectivity index (χ0n) is 15.4. The summed E-state index contributed by atoms with van der Waals surface area (Å²) in [5.74, 6) is 0.630. The van der Waals surface area contributed by atoms with Crippen LogP contribution < -0.4 is 9.47 Å². The lowest BCUT2D eigenvalue weighted by molar-refractivity contribution is -0.144. The van der Waals surface area contributed by atoms with E-state index < -0.39 is 0 Å². The first-order chi connectivity index (χ1) is 13.1. The van der Waals surface area contributed by atoms with Crippen LogP contribution in [0.1, 0.15) is 37.8 Å². The van der Waals surface area contributed by atoms with E-state index in [4.69, 9.17) is 25.8 Å². The monoisotopic (exact) mass is 390 g/mol. The van der Waals surface area contributed by atoms with Crippen LogP contribution in [0.2, 0.25) is 5.02 Å². The Bertz CT molecular complexity index is 805. The van der Waals surface area contributed by atoms with E-state index in [-0.39, 0.29) is 18.1 Å². The molecular weight excluding hydrogens is 368 g/mol. The van der Waals surface area contributed by atoms with Gasteiger partial charge in [-0.15, -0.1) is 0 Å². The van der Waals surface area contributed by atoms with Crippen LogP contribution in [-0.2, 0) is 9.53 Å². The minimum atomic E-state index is -0.385. The van der Waals surface area contributed by atoms with Crippen molar-refractivity contribution in [3.63, 3.8) is 0 Å². The van der Waals surface area contributed by atoms with Crippen molar-refractivity contribution in [1.82, 2.24) is 9.78 Å². The second-order valence-corrected chi connectivity index (χ2v) is 6.67. The maximum Gasteiger partial charge on any atom is 0.331 e. The van der Waals surface area contributed by atoms with Gasteiger partial charge in [-0.05, 0) is 56.0 Å². The summed E-state index contributed by atoms with van der Waals surface area (Å²) in [4.78, 5) is 12.3. The fraction of sp³-hybridized carbons (Fsp3) is 0.400. The molecule has 2 aromatic rings. The number of esters is 1. The van der Waals surface area contributed by atoms with Crippen LogP contribution in [-0.4, -0.2) is 35.6 Å². The number of ether oxygens (including phenoxy) is 3. The normalized spacial score (nSPS) is 19.4. The fourth-order valence-corrected chi connectivity index (χ4v) is 3.62. The SMILES string of the molecule is CCOc1cc(/C=C/C(=O)O[C@@H]2CCC[C@H]2n2cccn2)cc(Cl)c1OC. The molecule has 0 unspecified atom stereocenters. The maximum atomic E-state index is 12.3. The lowest BCUT2D eigenvalue weighted by Crippen LogP contribution is -2.24. The van der Waals surface area contributed by atoms with Gasteiger partial charge < -0.3 is 14.2 Å². The molecule has 3 rings (SSSR count). The fourth-order valence-electron chi connectivity index (χ4n) is 3.32. The highest BCUT2D eigenvalue weighted by Gasteiger charge is 2.31. The molecule has 2 atom stereocenters. The third kappa shape index (κ3) is 4.63. The number of hydrogen-bond donors (Lipinski definition) is 0. The van der Waals surface area contributed by atoms with E-state index in [2.05, 4.69) is 5.10 Å². The number of halogens is 1. The van der Waals surface area contributed by atoms with Gasteiger partial charge in [0.1, 0.15) is 6.10 Å². The number of carbonyl (C=O) groups excluding carboxylic acids is 1. The molecule has 0 bridgehead atoms. The minimum absolute atomic E-state index is 0.0948. The Morgan fingerprint density at radius 1 is 1.41 bits per heavy atom. The van der Waals surface area contributed by atoms with Crippen LogP contribution in [0.4, 0.5) is 0 Å². The van der Waals surface area contributed by atoms with Crippen molar-refractivity contribution < 1.29 is 19.0 Å². The van der Waals surface area contributed by atoms with Crippen LogP contribution in [0.3, 0.4) is 0 Å². The molecule has 7 heteroatoms. The van der Waals surface area contributed by atoms with Crippen molar-refractivity contribution in [3.8, 4) is 11.5 Å². The molecule has 0 aliphatic heterocycles. The van der Waals surface area contributed by atoms with E-state index >= 15 is 0 Å². The van der Waals surface area contributed by atoms with Gasteiger partial charge in [0.25, 0.3) is 0 Å². The Morgan fingerprint density at radius 3 is 2.96 bits per heavy atom. The summed E-state index contributed by atoms with van der Waals surface area (Å²) in [5.41, 5.74) is 0.733. The second-order valence-electron chi connectivity index (χ2n) is 6.26. The van der Waals surface area contributed by atoms with Gasteiger partial charge >= 0.3 is 5.97 Å².